The van der Waals surface area contributed by atoms with E-state index in [2.05, 4.69) is 41.5 Å². The van der Waals surface area contributed by atoms with Crippen molar-refractivity contribution in [2.75, 3.05) is 18.8 Å². The predicted molar refractivity (Wildman–Crippen MR) is 97.0 cm³/mol. The summed E-state index contributed by atoms with van der Waals surface area (Å²) in [6, 6.07) is 1.67. The summed E-state index contributed by atoms with van der Waals surface area (Å²) in [6.07, 6.45) is 3.88. The van der Waals surface area contributed by atoms with E-state index in [0.29, 0.717) is 24.4 Å². The van der Waals surface area contributed by atoms with Crippen molar-refractivity contribution in [1.29, 1.82) is 0 Å². The Bertz CT molecular complexity index is 842. The first-order valence-electron chi connectivity index (χ1n) is 7.18. The number of guanidine groups is 1. The van der Waals surface area contributed by atoms with Crippen LogP contribution in [0.3, 0.4) is 0 Å². The maximum Gasteiger partial charge on any atom is 0.267 e. The molecule has 0 radical (unpaired) electrons. The van der Waals surface area contributed by atoms with Gasteiger partial charge < -0.3 is 21.4 Å². The van der Waals surface area contributed by atoms with Gasteiger partial charge in [0.2, 0.25) is 0 Å². The van der Waals surface area contributed by atoms with Gasteiger partial charge >= 0.3 is 0 Å². The quantitative estimate of drug-likeness (QED) is 0.300. The normalized spacial score (nSPS) is 17.6. The molecule has 0 saturated heterocycles. The number of amidine groups is 1. The Morgan fingerprint density at radius 2 is 2.28 bits per heavy atom. The zero-order chi connectivity index (χ0) is 18.4. The minimum Gasteiger partial charge on any atom is -0.369 e. The first-order chi connectivity index (χ1) is 11.7. The highest BCUT2D eigenvalue weighted by atomic mass is 79.9. The number of aromatic nitrogens is 1. The summed E-state index contributed by atoms with van der Waals surface area (Å²) in [5.41, 5.74) is 6.54. The SMILES string of the molecule is NC1=NC(=NCCS(=O)(=O)O)/C(=C/CCNC(=O)c2cc(Br)c[nH]2)N1. The maximum absolute atomic E-state index is 11.9. The van der Waals surface area contributed by atoms with Crippen molar-refractivity contribution >= 4 is 43.8 Å². The fourth-order valence-corrected chi connectivity index (χ4v) is 2.59. The summed E-state index contributed by atoms with van der Waals surface area (Å²) in [5.74, 6) is -0.347. The third-order valence-corrected chi connectivity index (χ3v) is 4.17. The van der Waals surface area contributed by atoms with Gasteiger partial charge in [0.05, 0.1) is 18.0 Å². The minimum absolute atomic E-state index is 0.136. The van der Waals surface area contributed by atoms with Crippen molar-refractivity contribution in [1.82, 2.24) is 15.6 Å². The summed E-state index contributed by atoms with van der Waals surface area (Å²) in [7, 11) is -4.08. The molecule has 0 spiro atoms. The first kappa shape index (κ1) is 19.1. The molecule has 0 aliphatic carbocycles. The van der Waals surface area contributed by atoms with Crippen molar-refractivity contribution in [3.63, 3.8) is 0 Å². The number of carbonyl (C=O) groups excluding carboxylic acids is 1. The highest BCUT2D eigenvalue weighted by Crippen LogP contribution is 2.10. The standard InChI is InChI=1S/C13H17BrN6O4S/c14-8-6-10(18-7-8)12(21)17-3-1-2-9-11(20-13(15)19-9)16-4-5-25(22,23)24/h2,6-7,18H,1,3-5H2,(H,17,21)(H,22,23,24)(H3,15,16,19,20)/b9-2-. The van der Waals surface area contributed by atoms with Gasteiger partial charge in [0, 0.05) is 17.2 Å². The van der Waals surface area contributed by atoms with Crippen molar-refractivity contribution in [2.24, 2.45) is 15.7 Å². The molecular weight excluding hydrogens is 416 g/mol. The van der Waals surface area contributed by atoms with E-state index in [1.54, 1.807) is 18.3 Å². The van der Waals surface area contributed by atoms with Crippen LogP contribution in [-0.4, -0.2) is 54.5 Å². The molecule has 25 heavy (non-hydrogen) atoms. The van der Waals surface area contributed by atoms with Gasteiger partial charge in [-0.05, 0) is 28.4 Å². The lowest BCUT2D eigenvalue weighted by Crippen LogP contribution is -2.27. The van der Waals surface area contributed by atoms with E-state index in [9.17, 15) is 13.2 Å². The monoisotopic (exact) mass is 432 g/mol. The van der Waals surface area contributed by atoms with E-state index in [0.717, 1.165) is 4.47 Å². The predicted octanol–water partition coefficient (Wildman–Crippen LogP) is -0.0148. The van der Waals surface area contributed by atoms with E-state index >= 15 is 0 Å². The molecule has 1 amide bonds. The number of hydrogen-bond donors (Lipinski definition) is 5. The van der Waals surface area contributed by atoms with Gasteiger partial charge in [0.15, 0.2) is 11.8 Å². The largest absolute Gasteiger partial charge is 0.369 e. The maximum atomic E-state index is 11.9. The summed E-state index contributed by atoms with van der Waals surface area (Å²) in [4.78, 5) is 22.6. The molecule has 1 aromatic heterocycles. The van der Waals surface area contributed by atoms with Crippen molar-refractivity contribution < 1.29 is 17.8 Å². The smallest absolute Gasteiger partial charge is 0.267 e. The number of nitrogens with zero attached hydrogens (tertiary/aromatic N) is 2. The van der Waals surface area contributed by atoms with Gasteiger partial charge in [-0.3, -0.25) is 14.3 Å². The lowest BCUT2D eigenvalue weighted by Gasteiger charge is -2.03. The van der Waals surface area contributed by atoms with E-state index in [4.69, 9.17) is 10.3 Å². The summed E-state index contributed by atoms with van der Waals surface area (Å²) < 4.78 is 30.9. The number of aromatic amines is 1. The van der Waals surface area contributed by atoms with E-state index in [-0.39, 0.29) is 24.2 Å². The fraction of sp³-hybridized carbons (Fsp3) is 0.308. The van der Waals surface area contributed by atoms with Crippen LogP contribution in [0.5, 0.6) is 0 Å². The molecule has 0 bridgehead atoms. The molecule has 0 fully saturated rings. The molecule has 2 heterocycles. The average Bonchev–Trinajstić information content (AvgIpc) is 3.08. The second-order valence-corrected chi connectivity index (χ2v) is 7.50. The minimum atomic E-state index is -4.08. The van der Waals surface area contributed by atoms with Crippen LogP contribution in [-0.2, 0) is 10.1 Å². The van der Waals surface area contributed by atoms with Gasteiger partial charge in [-0.25, -0.2) is 0 Å². The molecule has 6 N–H and O–H groups in total. The van der Waals surface area contributed by atoms with Crippen molar-refractivity contribution in [3.05, 3.63) is 34.2 Å². The molecular formula is C13H17BrN6O4S. The molecule has 0 aromatic carbocycles. The zero-order valence-corrected chi connectivity index (χ0v) is 15.4. The van der Waals surface area contributed by atoms with Crippen LogP contribution < -0.4 is 16.4 Å². The Morgan fingerprint density at radius 1 is 1.52 bits per heavy atom. The number of amides is 1. The summed E-state index contributed by atoms with van der Waals surface area (Å²) in [6.45, 7) is 0.237. The second-order valence-electron chi connectivity index (χ2n) is 5.01. The Balaban J connectivity index is 1.86. The molecule has 12 heteroatoms. The van der Waals surface area contributed by atoms with Crippen LogP contribution >= 0.6 is 15.9 Å². The zero-order valence-electron chi connectivity index (χ0n) is 13.0. The van der Waals surface area contributed by atoms with Crippen LogP contribution in [0, 0.1) is 0 Å². The number of hydrogen-bond acceptors (Lipinski definition) is 6. The molecule has 1 aromatic rings. The first-order valence-corrected chi connectivity index (χ1v) is 9.58. The number of rotatable bonds is 7. The fourth-order valence-electron chi connectivity index (χ4n) is 1.92. The number of halogens is 1. The van der Waals surface area contributed by atoms with Crippen LogP contribution in [0.25, 0.3) is 0 Å². The third-order valence-electron chi connectivity index (χ3n) is 3.01. The molecule has 2 rings (SSSR count). The molecule has 0 unspecified atom stereocenters. The highest BCUT2D eigenvalue weighted by Gasteiger charge is 2.16. The number of aliphatic imine (C=N–C) groups is 2. The lowest BCUT2D eigenvalue weighted by atomic mass is 10.3. The Labute approximate surface area is 152 Å². The summed E-state index contributed by atoms with van der Waals surface area (Å²) in [5, 5.41) is 5.54. The van der Waals surface area contributed by atoms with Gasteiger partial charge in [0.25, 0.3) is 16.0 Å². The van der Waals surface area contributed by atoms with E-state index < -0.39 is 15.9 Å². The van der Waals surface area contributed by atoms with Crippen molar-refractivity contribution in [2.45, 2.75) is 6.42 Å². The van der Waals surface area contributed by atoms with Gasteiger partial charge in [-0.1, -0.05) is 6.08 Å². The van der Waals surface area contributed by atoms with Gasteiger partial charge in [-0.15, -0.1) is 0 Å². The number of H-pyrrole nitrogens is 1. The lowest BCUT2D eigenvalue weighted by molar-refractivity contribution is 0.0950. The van der Waals surface area contributed by atoms with E-state index in [1.165, 1.54) is 0 Å². The Kier molecular flexibility index (Phi) is 6.33. The molecule has 1 aliphatic heterocycles. The van der Waals surface area contributed by atoms with Gasteiger partial charge in [0.1, 0.15) is 5.69 Å². The Morgan fingerprint density at radius 3 is 2.92 bits per heavy atom. The van der Waals surface area contributed by atoms with Crippen LogP contribution in [0.15, 0.2) is 38.5 Å². The molecule has 0 atom stereocenters. The second kappa shape index (κ2) is 8.27. The van der Waals surface area contributed by atoms with E-state index in [1.807, 2.05) is 0 Å². The molecule has 10 nitrogen and oxygen atoms in total. The van der Waals surface area contributed by atoms with Crippen LogP contribution in [0.4, 0.5) is 0 Å². The molecule has 1 aliphatic rings. The highest BCUT2D eigenvalue weighted by molar-refractivity contribution is 9.10. The average molecular weight is 433 g/mol. The number of carbonyl (C=O) groups is 1. The Hall–Kier alpha value is -2.18. The molecule has 0 saturated carbocycles. The molecule has 136 valence electrons. The van der Waals surface area contributed by atoms with Crippen LogP contribution in [0.1, 0.15) is 16.9 Å². The number of nitrogens with two attached hydrogens (primary N) is 1. The van der Waals surface area contributed by atoms with Gasteiger partial charge in [-0.2, -0.15) is 13.4 Å². The van der Waals surface area contributed by atoms with Crippen LogP contribution in [0.2, 0.25) is 0 Å². The number of nitrogens with one attached hydrogen (secondary N) is 3. The van der Waals surface area contributed by atoms with Crippen molar-refractivity contribution in [3.8, 4) is 0 Å². The summed E-state index contributed by atoms with van der Waals surface area (Å²) >= 11 is 3.25. The topological polar surface area (TPSA) is 162 Å². The third kappa shape index (κ3) is 6.32.